The van der Waals surface area contributed by atoms with Crippen molar-refractivity contribution in [2.24, 2.45) is 15.9 Å². The van der Waals surface area contributed by atoms with Crippen molar-refractivity contribution in [3.05, 3.63) is 70.4 Å². The molecule has 0 saturated carbocycles. The van der Waals surface area contributed by atoms with E-state index in [1.165, 1.54) is 0 Å². The average molecular weight is 406 g/mol. The fourth-order valence-corrected chi connectivity index (χ4v) is 3.52. The highest BCUT2D eigenvalue weighted by Crippen LogP contribution is 2.33. The molecule has 0 amide bonds. The van der Waals surface area contributed by atoms with Crippen molar-refractivity contribution in [1.82, 2.24) is 0 Å². The Bertz CT molecular complexity index is 1040. The monoisotopic (exact) mass is 405 g/mol. The van der Waals surface area contributed by atoms with Crippen molar-refractivity contribution in [1.29, 1.82) is 0 Å². The first-order valence-electron chi connectivity index (χ1n) is 9.52. The van der Waals surface area contributed by atoms with Gasteiger partial charge in [-0.15, -0.1) is 11.3 Å². The van der Waals surface area contributed by atoms with Gasteiger partial charge in [0, 0.05) is 11.6 Å². The maximum Gasteiger partial charge on any atom is 0.172 e. The van der Waals surface area contributed by atoms with Crippen LogP contribution in [-0.4, -0.2) is 25.4 Å². The van der Waals surface area contributed by atoms with Crippen LogP contribution >= 0.6 is 11.3 Å². The minimum atomic E-state index is 0.485. The fraction of sp³-hybridized carbons (Fsp3) is 0.217. The zero-order chi connectivity index (χ0) is 20.2. The number of hydrogen-bond donors (Lipinski definition) is 1. The zero-order valence-corrected chi connectivity index (χ0v) is 17.5. The van der Waals surface area contributed by atoms with Crippen molar-refractivity contribution in [2.45, 2.75) is 13.8 Å². The molecule has 2 aromatic carbocycles. The third kappa shape index (κ3) is 4.49. The number of fused-ring (bicyclic) bond motifs is 1. The SMILES string of the molecule is COc1ccc2c(c1)NC(c1ccc(OCC(C)C)cc1)=NC(c1cccs1)=N2. The van der Waals surface area contributed by atoms with E-state index in [0.29, 0.717) is 18.4 Å². The number of aliphatic imine (C=N–C) groups is 2. The Morgan fingerprint density at radius 3 is 2.48 bits per heavy atom. The lowest BCUT2D eigenvalue weighted by Crippen LogP contribution is -2.15. The van der Waals surface area contributed by atoms with Crippen LogP contribution in [0.1, 0.15) is 24.3 Å². The highest BCUT2D eigenvalue weighted by molar-refractivity contribution is 7.12. The van der Waals surface area contributed by atoms with E-state index < -0.39 is 0 Å². The molecule has 0 atom stereocenters. The predicted molar refractivity (Wildman–Crippen MR) is 120 cm³/mol. The van der Waals surface area contributed by atoms with Gasteiger partial charge in [-0.2, -0.15) is 0 Å². The van der Waals surface area contributed by atoms with Crippen LogP contribution < -0.4 is 14.8 Å². The summed E-state index contributed by atoms with van der Waals surface area (Å²) in [5, 5.41) is 5.46. The number of amidine groups is 2. The summed E-state index contributed by atoms with van der Waals surface area (Å²) < 4.78 is 11.2. The van der Waals surface area contributed by atoms with Gasteiger partial charge in [-0.3, -0.25) is 0 Å². The molecule has 4 rings (SSSR count). The summed E-state index contributed by atoms with van der Waals surface area (Å²) >= 11 is 1.62. The summed E-state index contributed by atoms with van der Waals surface area (Å²) in [6, 6.07) is 17.8. The Hall–Kier alpha value is -3.12. The molecule has 5 nitrogen and oxygen atoms in total. The second-order valence-corrected chi connectivity index (χ2v) is 8.06. The maximum absolute atomic E-state index is 5.80. The average Bonchev–Trinajstić information content (AvgIpc) is 3.20. The van der Waals surface area contributed by atoms with Crippen LogP contribution in [-0.2, 0) is 0 Å². The van der Waals surface area contributed by atoms with E-state index in [2.05, 4.69) is 19.2 Å². The smallest absolute Gasteiger partial charge is 0.172 e. The van der Waals surface area contributed by atoms with Gasteiger partial charge in [0.25, 0.3) is 0 Å². The second-order valence-electron chi connectivity index (χ2n) is 7.11. The van der Waals surface area contributed by atoms with Crippen molar-refractivity contribution in [2.75, 3.05) is 19.0 Å². The number of ether oxygens (including phenoxy) is 2. The molecule has 6 heteroatoms. The first-order chi connectivity index (χ1) is 14.1. The molecule has 2 heterocycles. The summed E-state index contributed by atoms with van der Waals surface area (Å²) in [7, 11) is 1.66. The van der Waals surface area contributed by atoms with Crippen molar-refractivity contribution >= 4 is 34.4 Å². The Morgan fingerprint density at radius 2 is 1.79 bits per heavy atom. The van der Waals surface area contributed by atoms with Gasteiger partial charge in [0.15, 0.2) is 5.84 Å². The van der Waals surface area contributed by atoms with E-state index >= 15 is 0 Å². The van der Waals surface area contributed by atoms with E-state index in [9.17, 15) is 0 Å². The molecule has 1 aliphatic rings. The fourth-order valence-electron chi connectivity index (χ4n) is 2.86. The van der Waals surface area contributed by atoms with Crippen LogP contribution in [0.5, 0.6) is 11.5 Å². The van der Waals surface area contributed by atoms with Crippen LogP contribution in [0, 0.1) is 5.92 Å². The number of anilines is 1. The number of thiophene rings is 1. The van der Waals surface area contributed by atoms with Crippen molar-refractivity contribution in [3.63, 3.8) is 0 Å². The molecule has 1 aromatic heterocycles. The molecule has 0 aliphatic carbocycles. The van der Waals surface area contributed by atoms with Crippen LogP contribution in [0.2, 0.25) is 0 Å². The van der Waals surface area contributed by atoms with Gasteiger partial charge in [0.1, 0.15) is 17.3 Å². The standard InChI is InChI=1S/C23H23N3O2S/c1-15(2)14-28-17-8-6-16(7-9-17)22-25-20-13-18(27-3)10-11-19(20)24-23(26-22)21-5-4-12-29-21/h4-13,15H,14H2,1-3H3,(H,24,25,26). The molecular formula is C23H23N3O2S. The molecule has 0 unspecified atom stereocenters. The van der Waals surface area contributed by atoms with Gasteiger partial charge < -0.3 is 14.8 Å². The Balaban J connectivity index is 1.71. The Labute approximate surface area is 174 Å². The molecule has 0 spiro atoms. The third-order valence-corrected chi connectivity index (χ3v) is 5.22. The van der Waals surface area contributed by atoms with E-state index in [0.717, 1.165) is 39.2 Å². The van der Waals surface area contributed by atoms with E-state index in [1.54, 1.807) is 18.4 Å². The molecule has 0 saturated heterocycles. The Morgan fingerprint density at radius 1 is 1.00 bits per heavy atom. The lowest BCUT2D eigenvalue weighted by molar-refractivity contribution is 0.271. The first kappa shape index (κ1) is 19.2. The molecular weight excluding hydrogens is 382 g/mol. The lowest BCUT2D eigenvalue weighted by Gasteiger charge is -2.12. The molecule has 29 heavy (non-hydrogen) atoms. The van der Waals surface area contributed by atoms with Gasteiger partial charge in [-0.1, -0.05) is 19.9 Å². The topological polar surface area (TPSA) is 55.2 Å². The van der Waals surface area contributed by atoms with Crippen LogP contribution in [0.3, 0.4) is 0 Å². The summed E-state index contributed by atoms with van der Waals surface area (Å²) in [6.07, 6.45) is 0. The molecule has 1 N–H and O–H groups in total. The third-order valence-electron chi connectivity index (χ3n) is 4.35. The number of nitrogens with zero attached hydrogens (tertiary/aromatic N) is 2. The number of hydrogen-bond acceptors (Lipinski definition) is 6. The highest BCUT2D eigenvalue weighted by atomic mass is 32.1. The normalized spacial score (nSPS) is 13.1. The quantitative estimate of drug-likeness (QED) is 0.569. The van der Waals surface area contributed by atoms with E-state index in [4.69, 9.17) is 19.5 Å². The molecule has 0 fully saturated rings. The van der Waals surface area contributed by atoms with Gasteiger partial charge in [-0.25, -0.2) is 9.98 Å². The minimum absolute atomic E-state index is 0.485. The summed E-state index contributed by atoms with van der Waals surface area (Å²) in [5.41, 5.74) is 2.64. The number of benzene rings is 2. The Kier molecular flexibility index (Phi) is 5.62. The summed E-state index contributed by atoms with van der Waals surface area (Å²) in [5.74, 6) is 3.53. The number of nitrogens with one attached hydrogen (secondary N) is 1. The van der Waals surface area contributed by atoms with E-state index in [1.807, 2.05) is 60.0 Å². The molecule has 0 radical (unpaired) electrons. The molecule has 0 bridgehead atoms. The second kappa shape index (κ2) is 8.49. The minimum Gasteiger partial charge on any atom is -0.497 e. The van der Waals surface area contributed by atoms with Gasteiger partial charge >= 0.3 is 0 Å². The molecule has 1 aliphatic heterocycles. The summed E-state index contributed by atoms with van der Waals surface area (Å²) in [4.78, 5) is 10.7. The summed E-state index contributed by atoms with van der Waals surface area (Å²) in [6.45, 7) is 4.96. The lowest BCUT2D eigenvalue weighted by atomic mass is 10.1. The van der Waals surface area contributed by atoms with Crippen LogP contribution in [0.4, 0.5) is 11.4 Å². The van der Waals surface area contributed by atoms with Crippen LogP contribution in [0.25, 0.3) is 0 Å². The largest absolute Gasteiger partial charge is 0.497 e. The number of rotatable bonds is 6. The number of methoxy groups -OCH3 is 1. The van der Waals surface area contributed by atoms with Crippen molar-refractivity contribution < 1.29 is 9.47 Å². The van der Waals surface area contributed by atoms with Gasteiger partial charge in [-0.05, 0) is 53.8 Å². The molecule has 3 aromatic rings. The van der Waals surface area contributed by atoms with Crippen LogP contribution in [0.15, 0.2) is 70.0 Å². The predicted octanol–water partition coefficient (Wildman–Crippen LogP) is 5.74. The van der Waals surface area contributed by atoms with Crippen molar-refractivity contribution in [3.8, 4) is 11.5 Å². The van der Waals surface area contributed by atoms with Gasteiger partial charge in [0.05, 0.1) is 30.0 Å². The van der Waals surface area contributed by atoms with Gasteiger partial charge in [0.2, 0.25) is 0 Å². The zero-order valence-electron chi connectivity index (χ0n) is 16.7. The highest BCUT2D eigenvalue weighted by Gasteiger charge is 2.16. The molecule has 148 valence electrons. The maximum atomic E-state index is 5.80. The van der Waals surface area contributed by atoms with E-state index in [-0.39, 0.29) is 0 Å². The first-order valence-corrected chi connectivity index (χ1v) is 10.4.